The molecule has 0 atom stereocenters. The van der Waals surface area contributed by atoms with Gasteiger partial charge in [-0.2, -0.15) is 5.10 Å². The van der Waals surface area contributed by atoms with E-state index in [1.807, 2.05) is 13.8 Å². The zero-order valence-electron chi connectivity index (χ0n) is 8.74. The first-order valence-electron chi connectivity index (χ1n) is 4.45. The van der Waals surface area contributed by atoms with Crippen LogP contribution >= 0.6 is 0 Å². The van der Waals surface area contributed by atoms with Crippen LogP contribution in [0.2, 0.25) is 0 Å². The maximum atomic E-state index is 11.4. The molecule has 5 heteroatoms. The molecule has 0 fully saturated rings. The summed E-state index contributed by atoms with van der Waals surface area (Å²) < 4.78 is 1.60. The van der Waals surface area contributed by atoms with E-state index in [-0.39, 0.29) is 12.3 Å². The van der Waals surface area contributed by atoms with Crippen LogP contribution in [0.3, 0.4) is 0 Å². The van der Waals surface area contributed by atoms with Gasteiger partial charge >= 0.3 is 0 Å². The van der Waals surface area contributed by atoms with Gasteiger partial charge in [-0.05, 0) is 13.8 Å². The van der Waals surface area contributed by atoms with Crippen LogP contribution in [0, 0.1) is 0 Å². The molecule has 0 aliphatic rings. The Morgan fingerprint density at radius 1 is 1.71 bits per heavy atom. The van der Waals surface area contributed by atoms with Crippen molar-refractivity contribution >= 4 is 11.7 Å². The first-order chi connectivity index (χ1) is 6.38. The van der Waals surface area contributed by atoms with Crippen molar-refractivity contribution in [3.05, 3.63) is 12.3 Å². The van der Waals surface area contributed by atoms with Crippen LogP contribution in [0.25, 0.3) is 0 Å². The van der Waals surface area contributed by atoms with Gasteiger partial charge in [0, 0.05) is 25.1 Å². The fraction of sp³-hybridized carbons (Fsp3) is 0.556. The highest BCUT2D eigenvalue weighted by Gasteiger charge is 2.16. The monoisotopic (exact) mass is 196 g/mol. The Labute approximate surface area is 83.3 Å². The number of aryl methyl sites for hydroxylation is 1. The van der Waals surface area contributed by atoms with Crippen LogP contribution in [0.4, 0.5) is 5.82 Å². The number of amides is 1. The molecule has 0 saturated carbocycles. The highest BCUT2D eigenvalue weighted by atomic mass is 16.1. The van der Waals surface area contributed by atoms with E-state index in [1.165, 1.54) is 0 Å². The molecule has 1 aromatic heterocycles. The third kappa shape index (κ3) is 3.18. The van der Waals surface area contributed by atoms with Crippen molar-refractivity contribution in [2.75, 3.05) is 5.32 Å². The van der Waals surface area contributed by atoms with E-state index in [1.54, 1.807) is 24.0 Å². The largest absolute Gasteiger partial charge is 0.325 e. The molecule has 1 heterocycles. The number of hydrogen-bond acceptors (Lipinski definition) is 3. The van der Waals surface area contributed by atoms with E-state index >= 15 is 0 Å². The van der Waals surface area contributed by atoms with E-state index in [0.29, 0.717) is 5.82 Å². The zero-order chi connectivity index (χ0) is 10.8. The molecule has 14 heavy (non-hydrogen) atoms. The predicted octanol–water partition coefficient (Wildman–Crippen LogP) is 0.486. The molecular weight excluding hydrogens is 180 g/mol. The summed E-state index contributed by atoms with van der Waals surface area (Å²) in [6.07, 6.45) is 1.92. The molecule has 0 aliphatic heterocycles. The normalized spacial score (nSPS) is 11.4. The van der Waals surface area contributed by atoms with E-state index in [9.17, 15) is 4.79 Å². The second-order valence-corrected chi connectivity index (χ2v) is 4.05. The Hall–Kier alpha value is -1.36. The number of rotatable bonds is 3. The summed E-state index contributed by atoms with van der Waals surface area (Å²) in [6.45, 7) is 3.63. The lowest BCUT2D eigenvalue weighted by atomic mass is 10.0. The molecule has 0 bridgehead atoms. The van der Waals surface area contributed by atoms with Gasteiger partial charge in [0.15, 0.2) is 0 Å². The fourth-order valence-electron chi connectivity index (χ4n) is 1.10. The molecule has 78 valence electrons. The lowest BCUT2D eigenvalue weighted by Gasteiger charge is -2.17. The van der Waals surface area contributed by atoms with Gasteiger partial charge in [0.1, 0.15) is 5.82 Å². The predicted molar refractivity (Wildman–Crippen MR) is 54.7 cm³/mol. The summed E-state index contributed by atoms with van der Waals surface area (Å²) >= 11 is 0. The molecule has 0 aliphatic carbocycles. The van der Waals surface area contributed by atoms with Crippen molar-refractivity contribution in [3.63, 3.8) is 0 Å². The summed E-state index contributed by atoms with van der Waals surface area (Å²) in [5.74, 6) is 0.584. The fourth-order valence-corrected chi connectivity index (χ4v) is 1.10. The molecule has 1 rings (SSSR count). The highest BCUT2D eigenvalue weighted by molar-refractivity contribution is 5.90. The third-order valence-electron chi connectivity index (χ3n) is 1.70. The Morgan fingerprint density at radius 3 is 2.79 bits per heavy atom. The van der Waals surface area contributed by atoms with Crippen molar-refractivity contribution < 1.29 is 4.79 Å². The number of nitrogens with zero attached hydrogens (tertiary/aromatic N) is 2. The lowest BCUT2D eigenvalue weighted by molar-refractivity contribution is -0.117. The number of nitrogens with two attached hydrogens (primary N) is 1. The van der Waals surface area contributed by atoms with Gasteiger partial charge in [0.25, 0.3) is 0 Å². The zero-order valence-corrected chi connectivity index (χ0v) is 8.74. The van der Waals surface area contributed by atoms with Crippen LogP contribution < -0.4 is 11.1 Å². The quantitative estimate of drug-likeness (QED) is 0.738. The van der Waals surface area contributed by atoms with E-state index in [0.717, 1.165) is 0 Å². The Morgan fingerprint density at radius 2 is 2.36 bits per heavy atom. The van der Waals surface area contributed by atoms with Crippen molar-refractivity contribution in [2.24, 2.45) is 12.8 Å². The molecule has 1 aromatic rings. The molecule has 1 amide bonds. The summed E-state index contributed by atoms with van der Waals surface area (Å²) in [4.78, 5) is 11.4. The first-order valence-corrected chi connectivity index (χ1v) is 4.45. The van der Waals surface area contributed by atoms with Gasteiger partial charge in [-0.15, -0.1) is 0 Å². The number of anilines is 1. The Kier molecular flexibility index (Phi) is 2.90. The van der Waals surface area contributed by atoms with Crippen LogP contribution in [-0.4, -0.2) is 21.2 Å². The van der Waals surface area contributed by atoms with Crippen molar-refractivity contribution in [1.82, 2.24) is 9.78 Å². The van der Waals surface area contributed by atoms with Gasteiger partial charge < -0.3 is 11.1 Å². The molecular formula is C9H16N4O. The Bertz CT molecular complexity index is 324. The van der Waals surface area contributed by atoms with Gasteiger partial charge in [0.2, 0.25) is 5.91 Å². The maximum absolute atomic E-state index is 11.4. The van der Waals surface area contributed by atoms with Crippen LogP contribution in [-0.2, 0) is 11.8 Å². The van der Waals surface area contributed by atoms with E-state index in [2.05, 4.69) is 10.4 Å². The SMILES string of the molecule is Cn1nccc1NC(=O)CC(C)(C)N. The average molecular weight is 196 g/mol. The number of carbonyl (C=O) groups excluding carboxylic acids is 1. The van der Waals surface area contributed by atoms with Crippen LogP contribution in [0.1, 0.15) is 20.3 Å². The highest BCUT2D eigenvalue weighted by Crippen LogP contribution is 2.08. The van der Waals surface area contributed by atoms with E-state index < -0.39 is 5.54 Å². The summed E-state index contributed by atoms with van der Waals surface area (Å²) in [5.41, 5.74) is 5.24. The minimum atomic E-state index is -0.483. The number of hydrogen-bond donors (Lipinski definition) is 2. The topological polar surface area (TPSA) is 72.9 Å². The smallest absolute Gasteiger partial charge is 0.227 e. The molecule has 3 N–H and O–H groups in total. The van der Waals surface area contributed by atoms with E-state index in [4.69, 9.17) is 5.73 Å². The van der Waals surface area contributed by atoms with Crippen molar-refractivity contribution in [3.8, 4) is 0 Å². The molecule has 0 radical (unpaired) electrons. The van der Waals surface area contributed by atoms with Crippen LogP contribution in [0.5, 0.6) is 0 Å². The standard InChI is InChI=1S/C9H16N4O/c1-9(2,10)6-8(14)12-7-4-5-11-13(7)3/h4-5H,6,10H2,1-3H3,(H,12,14). The van der Waals surface area contributed by atoms with Crippen molar-refractivity contribution in [2.45, 2.75) is 25.8 Å². The molecule has 0 aromatic carbocycles. The second kappa shape index (κ2) is 3.79. The van der Waals surface area contributed by atoms with Gasteiger partial charge in [-0.25, -0.2) is 0 Å². The molecule has 0 unspecified atom stereocenters. The summed E-state index contributed by atoms with van der Waals surface area (Å²) in [6, 6.07) is 1.74. The minimum absolute atomic E-state index is 0.0962. The first kappa shape index (κ1) is 10.7. The number of aromatic nitrogens is 2. The van der Waals surface area contributed by atoms with Gasteiger partial charge in [0.05, 0.1) is 6.20 Å². The third-order valence-corrected chi connectivity index (χ3v) is 1.70. The summed E-state index contributed by atoms with van der Waals surface area (Å²) in [5, 5.41) is 6.67. The number of carbonyl (C=O) groups is 1. The molecule has 0 spiro atoms. The Balaban J connectivity index is 2.54. The lowest BCUT2D eigenvalue weighted by Crippen LogP contribution is -2.36. The minimum Gasteiger partial charge on any atom is -0.325 e. The average Bonchev–Trinajstić information content (AvgIpc) is 2.32. The van der Waals surface area contributed by atoms with Crippen LogP contribution in [0.15, 0.2) is 12.3 Å². The maximum Gasteiger partial charge on any atom is 0.227 e. The molecule has 0 saturated heterocycles. The molecule has 5 nitrogen and oxygen atoms in total. The van der Waals surface area contributed by atoms with Gasteiger partial charge in [-0.3, -0.25) is 9.48 Å². The number of nitrogens with one attached hydrogen (secondary N) is 1. The van der Waals surface area contributed by atoms with Gasteiger partial charge in [-0.1, -0.05) is 0 Å². The summed E-state index contributed by atoms with van der Waals surface area (Å²) in [7, 11) is 1.77. The van der Waals surface area contributed by atoms with Crippen molar-refractivity contribution in [1.29, 1.82) is 0 Å². The second-order valence-electron chi connectivity index (χ2n) is 4.05.